The first-order valence-corrected chi connectivity index (χ1v) is 7.11. The average molecular weight is 274 g/mol. The molecule has 2 heterocycles. The molecule has 0 atom stereocenters. The summed E-state index contributed by atoms with van der Waals surface area (Å²) in [4.78, 5) is 19.0. The third-order valence-corrected chi connectivity index (χ3v) is 3.53. The molecule has 1 N–H and O–H groups in total. The van der Waals surface area contributed by atoms with Crippen molar-refractivity contribution in [2.45, 2.75) is 20.8 Å². The second-order valence-corrected chi connectivity index (χ2v) is 4.76. The lowest BCUT2D eigenvalue weighted by Crippen LogP contribution is -2.35. The highest BCUT2D eigenvalue weighted by molar-refractivity contribution is 5.94. The fraction of sp³-hybridized carbons (Fsp3) is 0.467. The van der Waals surface area contributed by atoms with Crippen molar-refractivity contribution in [3.63, 3.8) is 0 Å². The van der Waals surface area contributed by atoms with Gasteiger partial charge in [-0.3, -0.25) is 9.20 Å². The van der Waals surface area contributed by atoms with E-state index in [0.29, 0.717) is 12.2 Å². The minimum Gasteiger partial charge on any atom is -0.349 e. The Morgan fingerprint density at radius 3 is 2.80 bits per heavy atom. The van der Waals surface area contributed by atoms with Gasteiger partial charge in [-0.2, -0.15) is 0 Å². The number of likely N-dealkylation sites (N-methyl/N-ethyl adjacent to an activating group) is 1. The van der Waals surface area contributed by atoms with Crippen LogP contribution in [0.2, 0.25) is 0 Å². The summed E-state index contributed by atoms with van der Waals surface area (Å²) in [6, 6.07) is 5.73. The summed E-state index contributed by atoms with van der Waals surface area (Å²) in [5.41, 5.74) is 2.19. The summed E-state index contributed by atoms with van der Waals surface area (Å²) in [5.74, 6) is -0.0617. The molecule has 0 saturated carbocycles. The van der Waals surface area contributed by atoms with Crippen LogP contribution in [0.4, 0.5) is 0 Å². The van der Waals surface area contributed by atoms with Crippen molar-refractivity contribution in [1.29, 1.82) is 0 Å². The molecule has 108 valence electrons. The standard InChI is InChI=1S/C15H22N4O/c1-4-18(5-2)11-9-16-15(20)14-12(3)17-13-8-6-7-10-19(13)14/h6-8,10H,4-5,9,11H2,1-3H3,(H,16,20). The van der Waals surface area contributed by atoms with Crippen LogP contribution in [-0.4, -0.2) is 46.4 Å². The zero-order valence-electron chi connectivity index (χ0n) is 12.4. The van der Waals surface area contributed by atoms with E-state index >= 15 is 0 Å². The van der Waals surface area contributed by atoms with Crippen molar-refractivity contribution < 1.29 is 4.79 Å². The topological polar surface area (TPSA) is 49.6 Å². The van der Waals surface area contributed by atoms with Crippen molar-refractivity contribution in [2.24, 2.45) is 0 Å². The number of rotatable bonds is 6. The molecule has 5 heteroatoms. The number of fused-ring (bicyclic) bond motifs is 1. The van der Waals surface area contributed by atoms with Crippen molar-refractivity contribution >= 4 is 11.6 Å². The van der Waals surface area contributed by atoms with Gasteiger partial charge in [0.05, 0.1) is 5.69 Å². The number of hydrogen-bond acceptors (Lipinski definition) is 3. The molecule has 2 aromatic rings. The Hall–Kier alpha value is -1.88. The number of imidazole rings is 1. The quantitative estimate of drug-likeness (QED) is 0.872. The lowest BCUT2D eigenvalue weighted by atomic mass is 10.3. The monoisotopic (exact) mass is 274 g/mol. The second kappa shape index (κ2) is 6.52. The number of carbonyl (C=O) groups excluding carboxylic acids is 1. The molecule has 0 unspecified atom stereocenters. The summed E-state index contributed by atoms with van der Waals surface area (Å²) in [6.07, 6.45) is 1.87. The first kappa shape index (κ1) is 14.5. The van der Waals surface area contributed by atoms with Gasteiger partial charge in [0.15, 0.2) is 0 Å². The highest BCUT2D eigenvalue weighted by Crippen LogP contribution is 2.11. The number of pyridine rings is 1. The zero-order valence-corrected chi connectivity index (χ0v) is 12.4. The minimum atomic E-state index is -0.0617. The van der Waals surface area contributed by atoms with Gasteiger partial charge >= 0.3 is 0 Å². The van der Waals surface area contributed by atoms with Crippen LogP contribution >= 0.6 is 0 Å². The molecule has 0 aromatic carbocycles. The maximum atomic E-state index is 12.3. The van der Waals surface area contributed by atoms with Crippen LogP contribution in [0.1, 0.15) is 30.0 Å². The summed E-state index contributed by atoms with van der Waals surface area (Å²) < 4.78 is 1.84. The number of amides is 1. The summed E-state index contributed by atoms with van der Waals surface area (Å²) >= 11 is 0. The van der Waals surface area contributed by atoms with Crippen LogP contribution < -0.4 is 5.32 Å². The molecular formula is C15H22N4O. The van der Waals surface area contributed by atoms with Crippen LogP contribution in [0, 0.1) is 6.92 Å². The van der Waals surface area contributed by atoms with E-state index in [1.165, 1.54) is 0 Å². The number of hydrogen-bond donors (Lipinski definition) is 1. The highest BCUT2D eigenvalue weighted by Gasteiger charge is 2.15. The van der Waals surface area contributed by atoms with Crippen LogP contribution in [0.5, 0.6) is 0 Å². The second-order valence-electron chi connectivity index (χ2n) is 4.76. The third-order valence-electron chi connectivity index (χ3n) is 3.53. The number of aromatic nitrogens is 2. The van der Waals surface area contributed by atoms with Crippen LogP contribution in [-0.2, 0) is 0 Å². The molecule has 0 aliphatic carbocycles. The summed E-state index contributed by atoms with van der Waals surface area (Å²) in [7, 11) is 0. The highest BCUT2D eigenvalue weighted by atomic mass is 16.1. The summed E-state index contributed by atoms with van der Waals surface area (Å²) in [6.45, 7) is 9.64. The molecule has 0 aliphatic rings. The van der Waals surface area contributed by atoms with E-state index in [0.717, 1.165) is 31.0 Å². The largest absolute Gasteiger partial charge is 0.349 e. The fourth-order valence-corrected chi connectivity index (χ4v) is 2.34. The van der Waals surface area contributed by atoms with Gasteiger partial charge in [-0.1, -0.05) is 19.9 Å². The molecular weight excluding hydrogens is 252 g/mol. The lowest BCUT2D eigenvalue weighted by molar-refractivity contribution is 0.0942. The predicted molar refractivity (Wildman–Crippen MR) is 80.1 cm³/mol. The molecule has 0 spiro atoms. The number of carbonyl (C=O) groups is 1. The van der Waals surface area contributed by atoms with Crippen LogP contribution in [0.25, 0.3) is 5.65 Å². The van der Waals surface area contributed by atoms with E-state index in [1.807, 2.05) is 35.7 Å². The SMILES string of the molecule is CCN(CC)CCNC(=O)c1c(C)nc2ccccn12. The van der Waals surface area contributed by atoms with Crippen molar-refractivity contribution in [3.05, 3.63) is 35.8 Å². The van der Waals surface area contributed by atoms with E-state index in [4.69, 9.17) is 0 Å². The first-order chi connectivity index (χ1) is 9.67. The maximum Gasteiger partial charge on any atom is 0.270 e. The van der Waals surface area contributed by atoms with Gasteiger partial charge in [-0.15, -0.1) is 0 Å². The minimum absolute atomic E-state index is 0.0617. The molecule has 2 rings (SSSR count). The van der Waals surface area contributed by atoms with Crippen molar-refractivity contribution in [1.82, 2.24) is 19.6 Å². The van der Waals surface area contributed by atoms with Gasteiger partial charge in [0.25, 0.3) is 5.91 Å². The number of nitrogens with one attached hydrogen (secondary N) is 1. The molecule has 0 bridgehead atoms. The van der Waals surface area contributed by atoms with Crippen molar-refractivity contribution in [2.75, 3.05) is 26.2 Å². The molecule has 20 heavy (non-hydrogen) atoms. The lowest BCUT2D eigenvalue weighted by Gasteiger charge is -2.17. The first-order valence-electron chi connectivity index (χ1n) is 7.11. The molecule has 2 aromatic heterocycles. The molecule has 0 saturated heterocycles. The third kappa shape index (κ3) is 2.99. The van der Waals surface area contributed by atoms with E-state index in [2.05, 4.69) is 29.0 Å². The number of aryl methyl sites for hydroxylation is 1. The fourth-order valence-electron chi connectivity index (χ4n) is 2.34. The van der Waals surface area contributed by atoms with Gasteiger partial charge in [0.1, 0.15) is 11.3 Å². The van der Waals surface area contributed by atoms with Gasteiger partial charge in [-0.25, -0.2) is 4.98 Å². The van der Waals surface area contributed by atoms with E-state index in [-0.39, 0.29) is 5.91 Å². The Morgan fingerprint density at radius 1 is 1.35 bits per heavy atom. The number of nitrogens with zero attached hydrogens (tertiary/aromatic N) is 3. The van der Waals surface area contributed by atoms with Gasteiger partial charge in [0.2, 0.25) is 0 Å². The smallest absolute Gasteiger partial charge is 0.270 e. The van der Waals surface area contributed by atoms with Gasteiger partial charge < -0.3 is 10.2 Å². The zero-order chi connectivity index (χ0) is 14.5. The Kier molecular flexibility index (Phi) is 4.74. The van der Waals surface area contributed by atoms with E-state index in [9.17, 15) is 4.79 Å². The molecule has 0 radical (unpaired) electrons. The van der Waals surface area contributed by atoms with Crippen molar-refractivity contribution in [3.8, 4) is 0 Å². The van der Waals surface area contributed by atoms with E-state index in [1.54, 1.807) is 0 Å². The Labute approximate surface area is 119 Å². The normalized spacial score (nSPS) is 11.2. The Balaban J connectivity index is 2.06. The Bertz CT molecular complexity index is 587. The van der Waals surface area contributed by atoms with Gasteiger partial charge in [0, 0.05) is 19.3 Å². The molecule has 0 fully saturated rings. The maximum absolute atomic E-state index is 12.3. The van der Waals surface area contributed by atoms with Crippen LogP contribution in [0.15, 0.2) is 24.4 Å². The molecule has 5 nitrogen and oxygen atoms in total. The predicted octanol–water partition coefficient (Wildman–Crippen LogP) is 1.71. The van der Waals surface area contributed by atoms with E-state index < -0.39 is 0 Å². The molecule has 0 aliphatic heterocycles. The van der Waals surface area contributed by atoms with Crippen LogP contribution in [0.3, 0.4) is 0 Å². The Morgan fingerprint density at radius 2 is 2.10 bits per heavy atom. The molecule has 1 amide bonds. The van der Waals surface area contributed by atoms with Gasteiger partial charge in [-0.05, 0) is 32.1 Å². The summed E-state index contributed by atoms with van der Waals surface area (Å²) in [5, 5.41) is 2.98. The average Bonchev–Trinajstić information content (AvgIpc) is 2.79.